The van der Waals surface area contributed by atoms with Gasteiger partial charge in [0.25, 0.3) is 0 Å². The highest BCUT2D eigenvalue weighted by atomic mass is 127. The van der Waals surface area contributed by atoms with E-state index in [4.69, 9.17) is 4.74 Å². The SMILES string of the molecule is Ic1ccc(OCc2cccnc2)cc1. The van der Waals surface area contributed by atoms with Gasteiger partial charge in [0.2, 0.25) is 0 Å². The molecule has 0 N–H and O–H groups in total. The molecule has 1 aromatic carbocycles. The molecule has 0 aliphatic rings. The first kappa shape index (κ1) is 10.4. The van der Waals surface area contributed by atoms with E-state index in [1.807, 2.05) is 42.6 Å². The summed E-state index contributed by atoms with van der Waals surface area (Å²) in [4.78, 5) is 4.03. The molecule has 15 heavy (non-hydrogen) atoms. The summed E-state index contributed by atoms with van der Waals surface area (Å²) >= 11 is 2.27. The fourth-order valence-corrected chi connectivity index (χ4v) is 1.54. The zero-order chi connectivity index (χ0) is 10.5. The second-order valence-corrected chi connectivity index (χ2v) is 4.35. The molecule has 0 saturated carbocycles. The highest BCUT2D eigenvalue weighted by Crippen LogP contribution is 2.14. The van der Waals surface area contributed by atoms with Crippen molar-refractivity contribution in [2.75, 3.05) is 0 Å². The first-order valence-electron chi connectivity index (χ1n) is 4.62. The number of pyridine rings is 1. The fourth-order valence-electron chi connectivity index (χ4n) is 1.18. The lowest BCUT2D eigenvalue weighted by Gasteiger charge is -2.05. The van der Waals surface area contributed by atoms with Gasteiger partial charge < -0.3 is 4.74 Å². The zero-order valence-electron chi connectivity index (χ0n) is 8.06. The molecule has 0 spiro atoms. The molecule has 0 bridgehead atoms. The Morgan fingerprint density at radius 1 is 1.13 bits per heavy atom. The van der Waals surface area contributed by atoms with Crippen LogP contribution in [0.25, 0.3) is 0 Å². The van der Waals surface area contributed by atoms with E-state index in [0.717, 1.165) is 11.3 Å². The average Bonchev–Trinajstić information content (AvgIpc) is 2.30. The summed E-state index contributed by atoms with van der Waals surface area (Å²) in [5.74, 6) is 0.888. The van der Waals surface area contributed by atoms with Crippen molar-refractivity contribution in [2.24, 2.45) is 0 Å². The Morgan fingerprint density at radius 2 is 1.93 bits per heavy atom. The standard InChI is InChI=1S/C12H10INO/c13-11-3-5-12(6-4-11)15-9-10-2-1-7-14-8-10/h1-8H,9H2. The summed E-state index contributed by atoms with van der Waals surface area (Å²) in [6, 6.07) is 11.9. The van der Waals surface area contributed by atoms with E-state index >= 15 is 0 Å². The van der Waals surface area contributed by atoms with Crippen molar-refractivity contribution >= 4 is 22.6 Å². The number of benzene rings is 1. The molecular formula is C12H10INO. The summed E-state index contributed by atoms with van der Waals surface area (Å²) in [5, 5.41) is 0. The molecule has 3 heteroatoms. The lowest BCUT2D eigenvalue weighted by Crippen LogP contribution is -1.95. The molecule has 0 amide bonds. The van der Waals surface area contributed by atoms with Gasteiger partial charge in [0, 0.05) is 21.5 Å². The second kappa shape index (κ2) is 5.11. The maximum Gasteiger partial charge on any atom is 0.119 e. The molecule has 2 nitrogen and oxygen atoms in total. The van der Waals surface area contributed by atoms with Gasteiger partial charge in [-0.05, 0) is 52.9 Å². The van der Waals surface area contributed by atoms with Crippen molar-refractivity contribution in [3.8, 4) is 5.75 Å². The van der Waals surface area contributed by atoms with Crippen molar-refractivity contribution in [2.45, 2.75) is 6.61 Å². The normalized spacial score (nSPS) is 9.93. The van der Waals surface area contributed by atoms with Gasteiger partial charge >= 0.3 is 0 Å². The van der Waals surface area contributed by atoms with E-state index in [0.29, 0.717) is 6.61 Å². The molecule has 0 aliphatic carbocycles. The molecule has 2 aromatic rings. The van der Waals surface area contributed by atoms with Gasteiger partial charge in [-0.3, -0.25) is 4.98 Å². The first-order chi connectivity index (χ1) is 7.34. The minimum Gasteiger partial charge on any atom is -0.489 e. The molecule has 0 unspecified atom stereocenters. The topological polar surface area (TPSA) is 22.1 Å². The monoisotopic (exact) mass is 311 g/mol. The summed E-state index contributed by atoms with van der Waals surface area (Å²) in [5.41, 5.74) is 1.08. The predicted molar refractivity (Wildman–Crippen MR) is 67.7 cm³/mol. The summed E-state index contributed by atoms with van der Waals surface area (Å²) in [6.45, 7) is 0.564. The predicted octanol–water partition coefficient (Wildman–Crippen LogP) is 3.27. The van der Waals surface area contributed by atoms with E-state index in [-0.39, 0.29) is 0 Å². The van der Waals surface area contributed by atoms with Crippen molar-refractivity contribution in [1.29, 1.82) is 0 Å². The Balaban J connectivity index is 1.96. The van der Waals surface area contributed by atoms with Crippen LogP contribution < -0.4 is 4.74 Å². The smallest absolute Gasteiger partial charge is 0.119 e. The van der Waals surface area contributed by atoms with Crippen LogP contribution in [0.1, 0.15) is 5.56 Å². The summed E-state index contributed by atoms with van der Waals surface area (Å²) < 4.78 is 6.81. The molecule has 76 valence electrons. The fraction of sp³-hybridized carbons (Fsp3) is 0.0833. The molecule has 0 saturated heterocycles. The van der Waals surface area contributed by atoms with Crippen molar-refractivity contribution in [3.63, 3.8) is 0 Å². The van der Waals surface area contributed by atoms with E-state index in [1.165, 1.54) is 3.57 Å². The van der Waals surface area contributed by atoms with Crippen LogP contribution in [0.3, 0.4) is 0 Å². The van der Waals surface area contributed by atoms with Crippen LogP contribution in [-0.4, -0.2) is 4.98 Å². The number of rotatable bonds is 3. The van der Waals surface area contributed by atoms with Gasteiger partial charge in [-0.25, -0.2) is 0 Å². The van der Waals surface area contributed by atoms with E-state index in [1.54, 1.807) is 6.20 Å². The minimum absolute atomic E-state index is 0.564. The number of ether oxygens (including phenoxy) is 1. The number of nitrogens with zero attached hydrogens (tertiary/aromatic N) is 1. The Hall–Kier alpha value is -1.10. The molecular weight excluding hydrogens is 301 g/mol. The molecule has 0 atom stereocenters. The molecule has 0 radical (unpaired) electrons. The Morgan fingerprint density at radius 3 is 2.60 bits per heavy atom. The molecule has 1 heterocycles. The summed E-state index contributed by atoms with van der Waals surface area (Å²) in [7, 11) is 0. The van der Waals surface area contributed by atoms with Crippen LogP contribution in [0.2, 0.25) is 0 Å². The van der Waals surface area contributed by atoms with Gasteiger partial charge in [-0.2, -0.15) is 0 Å². The lowest BCUT2D eigenvalue weighted by atomic mass is 10.3. The van der Waals surface area contributed by atoms with E-state index in [2.05, 4.69) is 27.6 Å². The van der Waals surface area contributed by atoms with E-state index in [9.17, 15) is 0 Å². The van der Waals surface area contributed by atoms with Crippen LogP contribution >= 0.6 is 22.6 Å². The van der Waals surface area contributed by atoms with Crippen LogP contribution in [0.5, 0.6) is 5.75 Å². The number of halogens is 1. The highest BCUT2D eigenvalue weighted by Gasteiger charge is 1.95. The van der Waals surface area contributed by atoms with Crippen molar-refractivity contribution in [3.05, 3.63) is 57.9 Å². The Kier molecular flexibility index (Phi) is 3.55. The third kappa shape index (κ3) is 3.20. The second-order valence-electron chi connectivity index (χ2n) is 3.10. The van der Waals surface area contributed by atoms with E-state index < -0.39 is 0 Å². The quantitative estimate of drug-likeness (QED) is 0.812. The van der Waals surface area contributed by atoms with Crippen LogP contribution in [0.15, 0.2) is 48.8 Å². The van der Waals surface area contributed by atoms with Crippen LogP contribution in [0, 0.1) is 3.57 Å². The van der Waals surface area contributed by atoms with Gasteiger partial charge in [-0.15, -0.1) is 0 Å². The molecule has 1 aromatic heterocycles. The third-order valence-electron chi connectivity index (χ3n) is 1.94. The van der Waals surface area contributed by atoms with Gasteiger partial charge in [-0.1, -0.05) is 6.07 Å². The Bertz CT molecular complexity index is 413. The molecule has 0 aliphatic heterocycles. The lowest BCUT2D eigenvalue weighted by molar-refractivity contribution is 0.305. The maximum atomic E-state index is 5.60. The van der Waals surface area contributed by atoms with Gasteiger partial charge in [0.1, 0.15) is 12.4 Å². The van der Waals surface area contributed by atoms with Gasteiger partial charge in [0.05, 0.1) is 0 Å². The molecule has 0 fully saturated rings. The van der Waals surface area contributed by atoms with Crippen molar-refractivity contribution in [1.82, 2.24) is 4.98 Å². The number of hydrogen-bond donors (Lipinski definition) is 0. The minimum atomic E-state index is 0.564. The largest absolute Gasteiger partial charge is 0.489 e. The number of aromatic nitrogens is 1. The summed E-state index contributed by atoms with van der Waals surface area (Å²) in [6.07, 6.45) is 3.57. The van der Waals surface area contributed by atoms with Crippen molar-refractivity contribution < 1.29 is 4.74 Å². The van der Waals surface area contributed by atoms with Gasteiger partial charge in [0.15, 0.2) is 0 Å². The first-order valence-corrected chi connectivity index (χ1v) is 5.70. The average molecular weight is 311 g/mol. The highest BCUT2D eigenvalue weighted by molar-refractivity contribution is 14.1. The van der Waals surface area contributed by atoms with Crippen LogP contribution in [-0.2, 0) is 6.61 Å². The van der Waals surface area contributed by atoms with Crippen LogP contribution in [0.4, 0.5) is 0 Å². The maximum absolute atomic E-state index is 5.60. The third-order valence-corrected chi connectivity index (χ3v) is 2.66. The Labute approximate surface area is 102 Å². The number of hydrogen-bond acceptors (Lipinski definition) is 2. The molecule has 2 rings (SSSR count). The zero-order valence-corrected chi connectivity index (χ0v) is 10.2.